The number of piperazine rings is 1. The molecule has 6 heteroatoms. The van der Waals surface area contributed by atoms with E-state index in [2.05, 4.69) is 58.6 Å². The van der Waals surface area contributed by atoms with E-state index in [0.29, 0.717) is 19.0 Å². The van der Waals surface area contributed by atoms with Crippen molar-refractivity contribution in [3.63, 3.8) is 0 Å². The van der Waals surface area contributed by atoms with E-state index in [4.69, 9.17) is 0 Å². The Morgan fingerprint density at radius 1 is 1.33 bits per heavy atom. The Bertz CT molecular complexity index is 737. The lowest BCUT2D eigenvalue weighted by atomic mass is 10.0. The predicted octanol–water partition coefficient (Wildman–Crippen LogP) is 1.85. The Balaban J connectivity index is 1.48. The molecule has 1 saturated heterocycles. The Hall–Kier alpha value is -2.18. The molecule has 2 aromatic rings. The topological polar surface area (TPSA) is 62.2 Å². The van der Waals surface area contributed by atoms with E-state index in [0.717, 1.165) is 31.9 Å². The van der Waals surface area contributed by atoms with Gasteiger partial charge in [-0.25, -0.2) is 4.98 Å². The van der Waals surface area contributed by atoms with Crippen LogP contribution < -0.4 is 10.6 Å². The summed E-state index contributed by atoms with van der Waals surface area (Å²) < 4.78 is 2.03. The number of nitrogens with zero attached hydrogens (tertiary/aromatic N) is 3. The molecule has 6 nitrogen and oxygen atoms in total. The van der Waals surface area contributed by atoms with Gasteiger partial charge in [-0.1, -0.05) is 38.1 Å². The fourth-order valence-corrected chi connectivity index (χ4v) is 3.54. The van der Waals surface area contributed by atoms with E-state index < -0.39 is 0 Å². The maximum atomic E-state index is 12.4. The third-order valence-electron chi connectivity index (χ3n) is 5.24. The van der Waals surface area contributed by atoms with Crippen LogP contribution >= 0.6 is 0 Å². The van der Waals surface area contributed by atoms with Crippen molar-refractivity contribution in [1.29, 1.82) is 0 Å². The zero-order chi connectivity index (χ0) is 19.2. The predicted molar refractivity (Wildman–Crippen MR) is 108 cm³/mol. The van der Waals surface area contributed by atoms with Crippen LogP contribution in [-0.4, -0.2) is 53.1 Å². The number of imidazole rings is 1. The second-order valence-electron chi connectivity index (χ2n) is 7.58. The first-order valence-corrected chi connectivity index (χ1v) is 9.82. The molecule has 2 heterocycles. The fraction of sp³-hybridized carbons (Fsp3) is 0.524. The van der Waals surface area contributed by atoms with Crippen molar-refractivity contribution in [1.82, 2.24) is 25.1 Å². The van der Waals surface area contributed by atoms with Gasteiger partial charge >= 0.3 is 0 Å². The summed E-state index contributed by atoms with van der Waals surface area (Å²) in [6, 6.07) is 8.82. The minimum Gasteiger partial charge on any atom is -0.355 e. The first-order chi connectivity index (χ1) is 13.0. The molecule has 1 atom stereocenters. The number of carbonyl (C=O) groups is 1. The molecule has 1 aliphatic heterocycles. The summed E-state index contributed by atoms with van der Waals surface area (Å²) >= 11 is 0. The van der Waals surface area contributed by atoms with E-state index in [1.165, 1.54) is 11.1 Å². The third-order valence-corrected chi connectivity index (χ3v) is 5.24. The van der Waals surface area contributed by atoms with Crippen LogP contribution in [0, 0.1) is 0 Å². The highest BCUT2D eigenvalue weighted by Gasteiger charge is 2.28. The van der Waals surface area contributed by atoms with Gasteiger partial charge in [0.25, 0.3) is 0 Å². The fourth-order valence-electron chi connectivity index (χ4n) is 3.54. The number of rotatable bonds is 7. The summed E-state index contributed by atoms with van der Waals surface area (Å²) in [6.07, 6.45) is 4.62. The number of benzene rings is 1. The molecule has 0 saturated carbocycles. The Kier molecular flexibility index (Phi) is 6.63. The minimum atomic E-state index is 0.0786. The van der Waals surface area contributed by atoms with Crippen molar-refractivity contribution in [2.45, 2.75) is 32.2 Å². The van der Waals surface area contributed by atoms with Crippen molar-refractivity contribution >= 4 is 5.91 Å². The van der Waals surface area contributed by atoms with Crippen LogP contribution in [0.15, 0.2) is 36.7 Å². The van der Waals surface area contributed by atoms with Gasteiger partial charge in [0.05, 0.1) is 12.6 Å². The number of nitrogens with one attached hydrogen (secondary N) is 2. The minimum absolute atomic E-state index is 0.0786. The zero-order valence-corrected chi connectivity index (χ0v) is 16.6. The highest BCUT2D eigenvalue weighted by atomic mass is 16.2. The summed E-state index contributed by atoms with van der Waals surface area (Å²) in [7, 11) is 2.00. The molecule has 1 amide bonds. The van der Waals surface area contributed by atoms with E-state index in [1.54, 1.807) is 0 Å². The number of hydrogen-bond acceptors (Lipinski definition) is 4. The average Bonchev–Trinajstić information content (AvgIpc) is 3.08. The summed E-state index contributed by atoms with van der Waals surface area (Å²) in [5.74, 6) is 1.62. The molecule has 2 N–H and O–H groups in total. The molecule has 27 heavy (non-hydrogen) atoms. The number of carbonyl (C=O) groups excluding carboxylic acids is 1. The largest absolute Gasteiger partial charge is 0.355 e. The first kappa shape index (κ1) is 19.6. The molecule has 0 aliphatic carbocycles. The first-order valence-electron chi connectivity index (χ1n) is 9.82. The second kappa shape index (κ2) is 9.15. The normalized spacial score (nSPS) is 18.0. The molecule has 1 aromatic heterocycles. The van der Waals surface area contributed by atoms with Gasteiger partial charge in [-0.05, 0) is 23.5 Å². The lowest BCUT2D eigenvalue weighted by molar-refractivity contribution is -0.123. The number of aryl methyl sites for hydroxylation is 1. The second-order valence-corrected chi connectivity index (χ2v) is 7.58. The smallest absolute Gasteiger partial charge is 0.234 e. The number of aromatic nitrogens is 2. The highest BCUT2D eigenvalue weighted by Crippen LogP contribution is 2.19. The summed E-state index contributed by atoms with van der Waals surface area (Å²) in [4.78, 5) is 19.1. The van der Waals surface area contributed by atoms with E-state index >= 15 is 0 Å². The van der Waals surface area contributed by atoms with Crippen molar-refractivity contribution in [2.75, 3.05) is 32.7 Å². The molecular weight excluding hydrogens is 338 g/mol. The van der Waals surface area contributed by atoms with Crippen LogP contribution in [-0.2, 0) is 18.3 Å². The van der Waals surface area contributed by atoms with Crippen molar-refractivity contribution in [3.05, 3.63) is 53.6 Å². The Morgan fingerprint density at radius 2 is 2.11 bits per heavy atom. The lowest BCUT2D eigenvalue weighted by Gasteiger charge is -2.35. The van der Waals surface area contributed by atoms with Crippen LogP contribution in [0.5, 0.6) is 0 Å². The maximum Gasteiger partial charge on any atom is 0.234 e. The Morgan fingerprint density at radius 3 is 2.78 bits per heavy atom. The molecule has 0 spiro atoms. The SMILES string of the molecule is CC(C)c1ccc(CCNC(=O)CN2CCNCC2c2nccn2C)cc1. The van der Waals surface area contributed by atoms with E-state index in [1.807, 2.05) is 24.0 Å². The molecule has 1 aliphatic rings. The molecule has 1 fully saturated rings. The van der Waals surface area contributed by atoms with Crippen LogP contribution in [0.25, 0.3) is 0 Å². The molecule has 1 aromatic carbocycles. The number of amides is 1. The monoisotopic (exact) mass is 369 g/mol. The van der Waals surface area contributed by atoms with Gasteiger partial charge in [0.2, 0.25) is 5.91 Å². The van der Waals surface area contributed by atoms with Gasteiger partial charge < -0.3 is 15.2 Å². The van der Waals surface area contributed by atoms with Crippen molar-refractivity contribution < 1.29 is 4.79 Å². The average molecular weight is 370 g/mol. The molecule has 146 valence electrons. The van der Waals surface area contributed by atoms with Gasteiger partial charge in [-0.15, -0.1) is 0 Å². The van der Waals surface area contributed by atoms with Gasteiger partial charge in [-0.2, -0.15) is 0 Å². The molecule has 1 unspecified atom stereocenters. The summed E-state index contributed by atoms with van der Waals surface area (Å²) in [6.45, 7) is 8.04. The van der Waals surface area contributed by atoms with Crippen LogP contribution in [0.3, 0.4) is 0 Å². The molecular formula is C21H31N5O. The highest BCUT2D eigenvalue weighted by molar-refractivity contribution is 5.78. The maximum absolute atomic E-state index is 12.4. The van der Waals surface area contributed by atoms with Crippen molar-refractivity contribution in [2.24, 2.45) is 7.05 Å². The Labute approximate surface area is 162 Å². The zero-order valence-electron chi connectivity index (χ0n) is 16.6. The third kappa shape index (κ3) is 5.17. The van der Waals surface area contributed by atoms with Gasteiger partial charge in [0.15, 0.2) is 0 Å². The van der Waals surface area contributed by atoms with Crippen LogP contribution in [0.2, 0.25) is 0 Å². The van der Waals surface area contributed by atoms with Crippen LogP contribution in [0.4, 0.5) is 0 Å². The summed E-state index contributed by atoms with van der Waals surface area (Å²) in [5.41, 5.74) is 2.61. The standard InChI is InChI=1S/C21H31N5O/c1-16(2)18-6-4-17(5-7-18)8-9-23-20(27)15-26-13-10-22-14-19(26)21-24-11-12-25(21)3/h4-7,11-12,16,19,22H,8-10,13-15H2,1-3H3,(H,23,27). The van der Waals surface area contributed by atoms with Gasteiger partial charge in [0.1, 0.15) is 5.82 Å². The van der Waals surface area contributed by atoms with Gasteiger partial charge in [0, 0.05) is 45.6 Å². The van der Waals surface area contributed by atoms with E-state index in [9.17, 15) is 4.79 Å². The van der Waals surface area contributed by atoms with Crippen LogP contribution in [0.1, 0.15) is 42.8 Å². The lowest BCUT2D eigenvalue weighted by Crippen LogP contribution is -2.50. The quantitative estimate of drug-likeness (QED) is 0.782. The molecule has 0 bridgehead atoms. The molecule has 0 radical (unpaired) electrons. The molecule has 3 rings (SSSR count). The van der Waals surface area contributed by atoms with E-state index in [-0.39, 0.29) is 11.9 Å². The summed E-state index contributed by atoms with van der Waals surface area (Å²) in [5, 5.41) is 6.47. The number of hydrogen-bond donors (Lipinski definition) is 2. The van der Waals surface area contributed by atoms with Crippen molar-refractivity contribution in [3.8, 4) is 0 Å². The van der Waals surface area contributed by atoms with Gasteiger partial charge in [-0.3, -0.25) is 9.69 Å².